The third-order valence-electron chi connectivity index (χ3n) is 4.53. The van der Waals surface area contributed by atoms with Gasteiger partial charge in [-0.15, -0.1) is 0 Å². The molecule has 23 heavy (non-hydrogen) atoms. The summed E-state index contributed by atoms with van der Waals surface area (Å²) < 4.78 is 16.5. The maximum absolute atomic E-state index is 6.39. The van der Waals surface area contributed by atoms with Crippen LogP contribution in [0.15, 0.2) is 11.0 Å². The molecule has 1 aromatic carbocycles. The van der Waals surface area contributed by atoms with Crippen molar-refractivity contribution >= 4 is 17.4 Å². The lowest BCUT2D eigenvalue weighted by atomic mass is 9.97. The van der Waals surface area contributed by atoms with E-state index >= 15 is 0 Å². The monoisotopic (exact) mass is 339 g/mol. The van der Waals surface area contributed by atoms with Crippen molar-refractivity contribution in [2.24, 2.45) is 11.7 Å². The van der Waals surface area contributed by atoms with Crippen molar-refractivity contribution in [2.45, 2.75) is 23.2 Å². The molecule has 1 fully saturated rings. The van der Waals surface area contributed by atoms with Crippen molar-refractivity contribution in [1.82, 2.24) is 5.32 Å². The summed E-state index contributed by atoms with van der Waals surface area (Å²) in [6.45, 7) is 3.13. The number of rotatable bonds is 5. The molecule has 128 valence electrons. The minimum atomic E-state index is -0.106. The van der Waals surface area contributed by atoms with E-state index in [9.17, 15) is 0 Å². The zero-order chi connectivity index (χ0) is 16.4. The molecule has 1 unspecified atom stereocenters. The van der Waals surface area contributed by atoms with Gasteiger partial charge in [0.25, 0.3) is 0 Å². The largest absolute Gasteiger partial charge is 0.493 e. The fraction of sp³-hybridized carbons (Fsp3) is 0.625. The van der Waals surface area contributed by atoms with E-state index in [4.69, 9.17) is 19.9 Å². The Kier molecular flexibility index (Phi) is 5.08. The Hall–Kier alpha value is -1.31. The van der Waals surface area contributed by atoms with E-state index in [1.54, 1.807) is 33.1 Å². The smallest absolute Gasteiger partial charge is 0.204 e. The summed E-state index contributed by atoms with van der Waals surface area (Å²) >= 11 is 1.62. The fourth-order valence-corrected chi connectivity index (χ4v) is 4.46. The quantitative estimate of drug-likeness (QED) is 0.848. The summed E-state index contributed by atoms with van der Waals surface area (Å²) in [5, 5.41) is 3.41. The molecule has 2 aliphatic rings. The highest BCUT2D eigenvalue weighted by atomic mass is 32.2. The van der Waals surface area contributed by atoms with Gasteiger partial charge in [0.15, 0.2) is 11.5 Å². The van der Waals surface area contributed by atoms with Crippen LogP contribution in [0.1, 0.15) is 12.8 Å². The minimum Gasteiger partial charge on any atom is -0.493 e. The van der Waals surface area contributed by atoms with Gasteiger partial charge in [-0.05, 0) is 31.8 Å². The summed E-state index contributed by atoms with van der Waals surface area (Å²) in [5.41, 5.74) is 7.36. The van der Waals surface area contributed by atoms with E-state index in [0.717, 1.165) is 30.2 Å². The van der Waals surface area contributed by atoms with Crippen LogP contribution in [-0.2, 0) is 0 Å². The van der Waals surface area contributed by atoms with Gasteiger partial charge >= 0.3 is 0 Å². The maximum atomic E-state index is 6.39. The van der Waals surface area contributed by atoms with Crippen LogP contribution in [0.5, 0.6) is 17.2 Å². The second kappa shape index (κ2) is 7.07. The van der Waals surface area contributed by atoms with Crippen molar-refractivity contribution < 1.29 is 14.2 Å². The molecular formula is C16H25N3O3S. The molecule has 0 aromatic heterocycles. The number of ether oxygens (including phenoxy) is 3. The molecule has 0 radical (unpaired) electrons. The highest BCUT2D eigenvalue weighted by Gasteiger charge is 2.35. The predicted molar refractivity (Wildman–Crippen MR) is 92.9 cm³/mol. The standard InChI is InChI=1S/C16H25N3O3S/c1-20-12-8-11-15(14(22-3)13(12)21-2)23-16(17)19(11)9-10-4-6-18-7-5-10/h8,10,16,18H,4-7,9,17H2,1-3H3. The number of benzene rings is 1. The molecule has 7 heteroatoms. The first-order valence-corrected chi connectivity index (χ1v) is 8.80. The van der Waals surface area contributed by atoms with E-state index in [1.807, 2.05) is 6.07 Å². The Morgan fingerprint density at radius 1 is 1.17 bits per heavy atom. The van der Waals surface area contributed by atoms with Gasteiger partial charge in [0, 0.05) is 12.6 Å². The topological polar surface area (TPSA) is 69.0 Å². The Bertz CT molecular complexity index is 564. The van der Waals surface area contributed by atoms with Gasteiger partial charge in [0.2, 0.25) is 5.75 Å². The van der Waals surface area contributed by atoms with Gasteiger partial charge in [-0.1, -0.05) is 11.8 Å². The van der Waals surface area contributed by atoms with Crippen LogP contribution >= 0.6 is 11.8 Å². The van der Waals surface area contributed by atoms with Crippen LogP contribution in [0, 0.1) is 5.92 Å². The highest BCUT2D eigenvalue weighted by molar-refractivity contribution is 8.00. The van der Waals surface area contributed by atoms with Gasteiger partial charge in [0.05, 0.1) is 31.9 Å². The van der Waals surface area contributed by atoms with Gasteiger partial charge in [0.1, 0.15) is 5.50 Å². The number of nitrogens with one attached hydrogen (secondary N) is 1. The molecular weight excluding hydrogens is 314 g/mol. The van der Waals surface area contributed by atoms with Crippen LogP contribution < -0.4 is 30.2 Å². The van der Waals surface area contributed by atoms with E-state index in [0.29, 0.717) is 23.2 Å². The first-order chi connectivity index (χ1) is 11.2. The van der Waals surface area contributed by atoms with E-state index < -0.39 is 0 Å². The molecule has 1 aromatic rings. The number of nitrogens with two attached hydrogens (primary N) is 1. The second-order valence-electron chi connectivity index (χ2n) is 5.85. The van der Waals surface area contributed by atoms with Gasteiger partial charge < -0.3 is 30.2 Å². The molecule has 0 saturated carbocycles. The average molecular weight is 339 g/mol. The summed E-state index contributed by atoms with van der Waals surface area (Å²) in [6, 6.07) is 2.01. The molecule has 6 nitrogen and oxygen atoms in total. The predicted octanol–water partition coefficient (Wildman–Crippen LogP) is 1.87. The van der Waals surface area contributed by atoms with Crippen LogP contribution in [0.3, 0.4) is 0 Å². The summed E-state index contributed by atoms with van der Waals surface area (Å²) in [6.07, 6.45) is 2.38. The fourth-order valence-electron chi connectivity index (χ4n) is 3.31. The lowest BCUT2D eigenvalue weighted by Gasteiger charge is -2.31. The number of fused-ring (bicyclic) bond motifs is 1. The molecule has 1 atom stereocenters. The molecule has 0 spiro atoms. The SMILES string of the molecule is COc1cc2c(c(OC)c1OC)SC(N)N2CC1CCNCC1. The van der Waals surface area contributed by atoms with Crippen molar-refractivity contribution in [1.29, 1.82) is 0 Å². The van der Waals surface area contributed by atoms with Gasteiger partial charge in [-0.2, -0.15) is 0 Å². The summed E-state index contributed by atoms with van der Waals surface area (Å²) in [7, 11) is 4.92. The van der Waals surface area contributed by atoms with Gasteiger partial charge in [-0.25, -0.2) is 0 Å². The summed E-state index contributed by atoms with van der Waals surface area (Å²) in [5.74, 6) is 2.66. The number of thioether (sulfide) groups is 1. The van der Waals surface area contributed by atoms with Crippen LogP contribution in [0.4, 0.5) is 5.69 Å². The number of hydrogen-bond donors (Lipinski definition) is 2. The Balaban J connectivity index is 1.94. The molecule has 0 bridgehead atoms. The van der Waals surface area contributed by atoms with Crippen molar-refractivity contribution in [3.63, 3.8) is 0 Å². The third kappa shape index (κ3) is 3.05. The first kappa shape index (κ1) is 16.5. The molecule has 3 rings (SSSR count). The molecule has 0 aliphatic carbocycles. The first-order valence-electron chi connectivity index (χ1n) is 7.92. The maximum Gasteiger partial charge on any atom is 0.204 e. The van der Waals surface area contributed by atoms with Crippen molar-refractivity contribution in [2.75, 3.05) is 45.9 Å². The number of piperidine rings is 1. The average Bonchev–Trinajstić information content (AvgIpc) is 2.89. The number of anilines is 1. The van der Waals surface area contributed by atoms with E-state index in [1.165, 1.54) is 12.8 Å². The second-order valence-corrected chi connectivity index (χ2v) is 6.97. The lowest BCUT2D eigenvalue weighted by molar-refractivity contribution is 0.319. The van der Waals surface area contributed by atoms with Gasteiger partial charge in [-0.3, -0.25) is 0 Å². The summed E-state index contributed by atoms with van der Waals surface area (Å²) in [4.78, 5) is 3.30. The van der Waals surface area contributed by atoms with Crippen LogP contribution in [0.2, 0.25) is 0 Å². The van der Waals surface area contributed by atoms with Crippen molar-refractivity contribution in [3.8, 4) is 17.2 Å². The Morgan fingerprint density at radius 2 is 1.87 bits per heavy atom. The molecule has 2 heterocycles. The third-order valence-corrected chi connectivity index (χ3v) is 5.66. The van der Waals surface area contributed by atoms with E-state index in [2.05, 4.69) is 10.2 Å². The van der Waals surface area contributed by atoms with Crippen LogP contribution in [-0.4, -0.2) is 46.5 Å². The molecule has 0 amide bonds. The number of nitrogens with zero attached hydrogens (tertiary/aromatic N) is 1. The Labute approximate surface area is 141 Å². The van der Waals surface area contributed by atoms with Crippen LogP contribution in [0.25, 0.3) is 0 Å². The number of methoxy groups -OCH3 is 3. The zero-order valence-electron chi connectivity index (χ0n) is 13.9. The van der Waals surface area contributed by atoms with E-state index in [-0.39, 0.29) is 5.50 Å². The number of hydrogen-bond acceptors (Lipinski definition) is 7. The molecule has 1 saturated heterocycles. The zero-order valence-corrected chi connectivity index (χ0v) is 14.7. The Morgan fingerprint density at radius 3 is 2.48 bits per heavy atom. The highest BCUT2D eigenvalue weighted by Crippen LogP contribution is 2.54. The normalized spacial score (nSPS) is 21.2. The van der Waals surface area contributed by atoms with Crippen molar-refractivity contribution in [3.05, 3.63) is 6.07 Å². The molecule has 3 N–H and O–H groups in total. The minimum absolute atomic E-state index is 0.106. The molecule has 2 aliphatic heterocycles. The lowest BCUT2D eigenvalue weighted by Crippen LogP contribution is -2.42.